The molecule has 138 valence electrons. The van der Waals surface area contributed by atoms with Crippen LogP contribution in [0.4, 0.5) is 4.39 Å². The third-order valence-electron chi connectivity index (χ3n) is 3.18. The van der Waals surface area contributed by atoms with E-state index in [9.17, 15) is 9.18 Å². The first-order valence-electron chi connectivity index (χ1n) is 8.10. The molecule has 1 N–H and O–H groups in total. The fraction of sp³-hybridized carbons (Fsp3) is 0.238. The van der Waals surface area contributed by atoms with E-state index in [0.29, 0.717) is 11.4 Å². The number of rotatable bonds is 8. The normalized spacial score (nSPS) is 12.5. The van der Waals surface area contributed by atoms with E-state index in [-0.39, 0.29) is 11.7 Å². The van der Waals surface area contributed by atoms with Gasteiger partial charge in [0, 0.05) is 18.9 Å². The monoisotopic (exact) mass is 372 g/mol. The molecule has 0 aliphatic rings. The molecule has 0 fully saturated rings. The lowest BCUT2D eigenvalue weighted by Crippen LogP contribution is -2.24. The van der Waals surface area contributed by atoms with Crippen LogP contribution in [-0.2, 0) is 4.79 Å². The van der Waals surface area contributed by atoms with Crippen molar-refractivity contribution in [2.75, 3.05) is 6.54 Å². The van der Waals surface area contributed by atoms with E-state index in [4.69, 9.17) is 0 Å². The second-order valence-corrected chi connectivity index (χ2v) is 5.70. The maximum atomic E-state index is 13.1. The Kier molecular flexibility index (Phi) is 13.3. The van der Waals surface area contributed by atoms with Crippen molar-refractivity contribution in [1.82, 2.24) is 10.3 Å². The SMILES string of the molecule is C#C.C/C=C(F)\C=C(/C)CCCNC(=O)/C(S)=C/C=C/c1ccncc1. The Morgan fingerprint density at radius 1 is 1.35 bits per heavy atom. The molecule has 0 aliphatic heterocycles. The molecule has 0 atom stereocenters. The summed E-state index contributed by atoms with van der Waals surface area (Å²) in [5, 5.41) is 2.79. The van der Waals surface area contributed by atoms with E-state index in [2.05, 4.69) is 35.8 Å². The number of carbonyl (C=O) groups excluding carboxylic acids is 1. The summed E-state index contributed by atoms with van der Waals surface area (Å²) in [7, 11) is 0. The summed E-state index contributed by atoms with van der Waals surface area (Å²) in [4.78, 5) is 16.1. The fourth-order valence-electron chi connectivity index (χ4n) is 1.85. The highest BCUT2D eigenvalue weighted by Crippen LogP contribution is 2.09. The van der Waals surface area contributed by atoms with Crippen molar-refractivity contribution >= 4 is 24.6 Å². The van der Waals surface area contributed by atoms with Gasteiger partial charge >= 0.3 is 0 Å². The average molecular weight is 373 g/mol. The maximum absolute atomic E-state index is 13.1. The molecular formula is C21H25FN2OS. The fourth-order valence-corrected chi connectivity index (χ4v) is 2.02. The predicted octanol–water partition coefficient (Wildman–Crippen LogP) is 4.87. The number of nitrogens with zero attached hydrogens (tertiary/aromatic N) is 1. The van der Waals surface area contributed by atoms with E-state index < -0.39 is 0 Å². The molecule has 3 nitrogen and oxygen atoms in total. The number of hydrogen-bond acceptors (Lipinski definition) is 3. The first-order valence-corrected chi connectivity index (χ1v) is 8.55. The summed E-state index contributed by atoms with van der Waals surface area (Å²) in [6, 6.07) is 3.74. The highest BCUT2D eigenvalue weighted by Gasteiger charge is 2.03. The van der Waals surface area contributed by atoms with Crippen molar-refractivity contribution in [3.8, 4) is 12.8 Å². The number of nitrogens with one attached hydrogen (secondary N) is 1. The first kappa shape index (κ1) is 23.4. The Labute approximate surface area is 161 Å². The largest absolute Gasteiger partial charge is 0.352 e. The molecule has 0 saturated carbocycles. The van der Waals surface area contributed by atoms with Gasteiger partial charge < -0.3 is 5.32 Å². The molecular weight excluding hydrogens is 347 g/mol. The van der Waals surface area contributed by atoms with Crippen LogP contribution in [0, 0.1) is 12.8 Å². The molecule has 1 amide bonds. The van der Waals surface area contributed by atoms with Crippen molar-refractivity contribution in [3.05, 3.63) is 70.7 Å². The van der Waals surface area contributed by atoms with E-state index >= 15 is 0 Å². The second-order valence-electron chi connectivity index (χ2n) is 5.22. The van der Waals surface area contributed by atoms with Crippen LogP contribution in [0.15, 0.2) is 65.1 Å². The van der Waals surface area contributed by atoms with Crippen LogP contribution in [-0.4, -0.2) is 17.4 Å². The van der Waals surface area contributed by atoms with E-state index in [0.717, 1.165) is 24.0 Å². The third kappa shape index (κ3) is 11.1. The summed E-state index contributed by atoms with van der Waals surface area (Å²) < 4.78 is 13.1. The number of hydrogen-bond donors (Lipinski definition) is 2. The zero-order chi connectivity index (χ0) is 19.8. The van der Waals surface area contributed by atoms with E-state index in [1.54, 1.807) is 31.5 Å². The number of carbonyl (C=O) groups is 1. The van der Waals surface area contributed by atoms with Crippen LogP contribution in [0.1, 0.15) is 32.3 Å². The highest BCUT2D eigenvalue weighted by atomic mass is 32.1. The molecule has 26 heavy (non-hydrogen) atoms. The van der Waals surface area contributed by atoms with Crippen molar-refractivity contribution in [2.45, 2.75) is 26.7 Å². The van der Waals surface area contributed by atoms with Crippen molar-refractivity contribution in [1.29, 1.82) is 0 Å². The van der Waals surface area contributed by atoms with Crippen LogP contribution in [0.3, 0.4) is 0 Å². The minimum Gasteiger partial charge on any atom is -0.352 e. The Morgan fingerprint density at radius 2 is 2.00 bits per heavy atom. The number of terminal acetylenes is 1. The maximum Gasteiger partial charge on any atom is 0.257 e. The number of allylic oxidation sites excluding steroid dienone is 6. The summed E-state index contributed by atoms with van der Waals surface area (Å²) >= 11 is 4.19. The molecule has 0 aromatic carbocycles. The van der Waals surface area contributed by atoms with Gasteiger partial charge in [0.1, 0.15) is 5.83 Å². The topological polar surface area (TPSA) is 42.0 Å². The van der Waals surface area contributed by atoms with Crippen LogP contribution in [0.2, 0.25) is 0 Å². The lowest BCUT2D eigenvalue weighted by Gasteiger charge is -2.05. The standard InChI is InChI=1S/C19H23FN2OS.C2H2/c1-3-17(20)14-15(2)6-5-11-22-19(23)18(24)8-4-7-16-9-12-21-13-10-16;1-2/h3-4,7-10,12-14,24H,5-6,11H2,1-2H3,(H,22,23);1-2H/b7-4+,15-14+,17-3+,18-8-;. The molecule has 0 unspecified atom stereocenters. The molecule has 0 saturated heterocycles. The average Bonchev–Trinajstić information content (AvgIpc) is 2.67. The van der Waals surface area contributed by atoms with Gasteiger partial charge in [-0.3, -0.25) is 9.78 Å². The van der Waals surface area contributed by atoms with Crippen LogP contribution < -0.4 is 5.32 Å². The van der Waals surface area contributed by atoms with E-state index in [1.165, 1.54) is 12.2 Å². The second kappa shape index (κ2) is 14.7. The van der Waals surface area contributed by atoms with Gasteiger partial charge in [-0.05, 0) is 56.5 Å². The van der Waals surface area contributed by atoms with Gasteiger partial charge in [-0.2, -0.15) is 0 Å². The first-order chi connectivity index (χ1) is 12.5. The van der Waals surface area contributed by atoms with Gasteiger partial charge in [0.2, 0.25) is 0 Å². The van der Waals surface area contributed by atoms with Crippen LogP contribution >= 0.6 is 12.6 Å². The number of halogens is 1. The quantitative estimate of drug-likeness (QED) is 0.225. The Hall–Kier alpha value is -2.58. The molecule has 1 aromatic heterocycles. The molecule has 1 heterocycles. The van der Waals surface area contributed by atoms with Crippen LogP contribution in [0.25, 0.3) is 6.08 Å². The zero-order valence-corrected chi connectivity index (χ0v) is 16.0. The van der Waals surface area contributed by atoms with Crippen molar-refractivity contribution in [3.63, 3.8) is 0 Å². The summed E-state index contributed by atoms with van der Waals surface area (Å²) in [5.74, 6) is -0.461. The smallest absolute Gasteiger partial charge is 0.257 e. The van der Waals surface area contributed by atoms with E-state index in [1.807, 2.05) is 25.1 Å². The Balaban J connectivity index is 0.00000301. The van der Waals surface area contributed by atoms with Gasteiger partial charge in [-0.15, -0.1) is 25.5 Å². The highest BCUT2D eigenvalue weighted by molar-refractivity contribution is 7.85. The summed E-state index contributed by atoms with van der Waals surface area (Å²) in [6.07, 6.45) is 21.1. The van der Waals surface area contributed by atoms with Gasteiger partial charge in [-0.1, -0.05) is 23.8 Å². The van der Waals surface area contributed by atoms with Gasteiger partial charge in [0.15, 0.2) is 0 Å². The summed E-state index contributed by atoms with van der Waals surface area (Å²) in [6.45, 7) is 4.05. The zero-order valence-electron chi connectivity index (χ0n) is 15.2. The molecule has 0 radical (unpaired) electrons. The number of pyridine rings is 1. The van der Waals surface area contributed by atoms with Crippen molar-refractivity contribution < 1.29 is 9.18 Å². The van der Waals surface area contributed by atoms with Crippen LogP contribution in [0.5, 0.6) is 0 Å². The molecule has 0 aliphatic carbocycles. The predicted molar refractivity (Wildman–Crippen MR) is 111 cm³/mol. The van der Waals surface area contributed by atoms with Crippen molar-refractivity contribution in [2.24, 2.45) is 0 Å². The Bertz CT molecular complexity index is 688. The van der Waals surface area contributed by atoms with Gasteiger partial charge in [-0.25, -0.2) is 4.39 Å². The molecule has 1 aromatic rings. The summed E-state index contributed by atoms with van der Waals surface area (Å²) in [5.41, 5.74) is 1.94. The van der Waals surface area contributed by atoms with Gasteiger partial charge in [0.25, 0.3) is 5.91 Å². The molecule has 5 heteroatoms. The number of amides is 1. The number of thiol groups is 1. The molecule has 1 rings (SSSR count). The number of aromatic nitrogens is 1. The Morgan fingerprint density at radius 3 is 2.62 bits per heavy atom. The molecule has 0 bridgehead atoms. The third-order valence-corrected chi connectivity index (χ3v) is 3.53. The van der Waals surface area contributed by atoms with Gasteiger partial charge in [0.05, 0.1) is 4.91 Å². The minimum atomic E-state index is -0.238. The lowest BCUT2D eigenvalue weighted by molar-refractivity contribution is -0.116. The molecule has 0 spiro atoms. The lowest BCUT2D eigenvalue weighted by atomic mass is 10.1. The minimum absolute atomic E-state index is 0.223.